The van der Waals surface area contributed by atoms with E-state index in [9.17, 15) is 9.59 Å². The molecule has 0 spiro atoms. The summed E-state index contributed by atoms with van der Waals surface area (Å²) < 4.78 is 7.05. The van der Waals surface area contributed by atoms with E-state index in [0.29, 0.717) is 17.9 Å². The van der Waals surface area contributed by atoms with Gasteiger partial charge in [0.25, 0.3) is 5.91 Å². The van der Waals surface area contributed by atoms with Gasteiger partial charge in [-0.3, -0.25) is 14.6 Å². The zero-order valence-corrected chi connectivity index (χ0v) is 16.7. The molecule has 3 rings (SSSR count). The van der Waals surface area contributed by atoms with Gasteiger partial charge in [0.05, 0.1) is 19.1 Å². The number of nitrogens with zero attached hydrogens (tertiary/aromatic N) is 2. The first-order valence-electron chi connectivity index (χ1n) is 10.0. The number of ether oxygens (including phenoxy) is 1. The molecule has 1 aliphatic carbocycles. The maximum Gasteiger partial charge on any atom is 0.305 e. The molecule has 0 aliphatic heterocycles. The predicted octanol–water partition coefficient (Wildman–Crippen LogP) is 3.64. The molecule has 0 radical (unpaired) electrons. The van der Waals surface area contributed by atoms with Crippen LogP contribution >= 0.6 is 0 Å². The number of hydrogen-bond acceptors (Lipinski definition) is 4. The van der Waals surface area contributed by atoms with Crippen LogP contribution in [0.4, 0.5) is 0 Å². The lowest BCUT2D eigenvalue weighted by Gasteiger charge is -2.24. The summed E-state index contributed by atoms with van der Waals surface area (Å²) in [5.74, 6) is -0.127. The predicted molar refractivity (Wildman–Crippen MR) is 108 cm³/mol. The molecule has 0 saturated heterocycles. The second-order valence-electron chi connectivity index (χ2n) is 7.58. The fraction of sp³-hybridized carbons (Fsp3) is 0.500. The summed E-state index contributed by atoms with van der Waals surface area (Å²) in [6.45, 7) is 2.80. The van der Waals surface area contributed by atoms with Crippen LogP contribution in [0, 0.1) is 12.8 Å². The topological polar surface area (TPSA) is 87.2 Å². The summed E-state index contributed by atoms with van der Waals surface area (Å²) in [5.41, 5.74) is 9.81. The first kappa shape index (κ1) is 20.1. The van der Waals surface area contributed by atoms with Crippen molar-refractivity contribution in [2.24, 2.45) is 11.7 Å². The van der Waals surface area contributed by atoms with Crippen LogP contribution in [-0.2, 0) is 22.5 Å². The van der Waals surface area contributed by atoms with Crippen LogP contribution in [0.2, 0.25) is 0 Å². The number of hydrogen-bond donors (Lipinski definition) is 1. The molecule has 2 aromatic rings. The number of primary amides is 1. The number of rotatable bonds is 7. The van der Waals surface area contributed by atoms with E-state index in [1.54, 1.807) is 12.4 Å². The monoisotopic (exact) mass is 383 g/mol. The summed E-state index contributed by atoms with van der Waals surface area (Å²) >= 11 is 0. The molecule has 0 unspecified atom stereocenters. The standard InChI is InChI=1S/C22H29N3O3/c1-15-20(22(23)27)21(17-9-6-12-24-13-17)18(10-11-19(26)28-2)25(15)14-16-7-4-3-5-8-16/h6,9,12-13,16H,3-5,7-8,10-11,14H2,1-2H3,(H2,23,27). The Labute approximate surface area is 166 Å². The average molecular weight is 383 g/mol. The highest BCUT2D eigenvalue weighted by atomic mass is 16.5. The van der Waals surface area contributed by atoms with Gasteiger partial charge in [0.15, 0.2) is 0 Å². The van der Waals surface area contributed by atoms with Gasteiger partial charge in [0.2, 0.25) is 0 Å². The van der Waals surface area contributed by atoms with Crippen molar-refractivity contribution in [3.05, 3.63) is 41.5 Å². The summed E-state index contributed by atoms with van der Waals surface area (Å²) in [7, 11) is 1.39. The third-order valence-electron chi connectivity index (χ3n) is 5.79. The van der Waals surface area contributed by atoms with E-state index < -0.39 is 5.91 Å². The van der Waals surface area contributed by atoms with Gasteiger partial charge in [-0.25, -0.2) is 0 Å². The SMILES string of the molecule is COC(=O)CCc1c(-c2cccnc2)c(C(N)=O)c(C)n1CC1CCCCC1. The minimum absolute atomic E-state index is 0.260. The first-order valence-corrected chi connectivity index (χ1v) is 10.0. The van der Waals surface area contributed by atoms with Crippen LogP contribution < -0.4 is 5.73 Å². The molecule has 1 aliphatic rings. The number of methoxy groups -OCH3 is 1. The molecule has 0 atom stereocenters. The lowest BCUT2D eigenvalue weighted by atomic mass is 9.89. The molecule has 6 nitrogen and oxygen atoms in total. The van der Waals surface area contributed by atoms with E-state index >= 15 is 0 Å². The van der Waals surface area contributed by atoms with Crippen LogP contribution in [0.1, 0.15) is 60.3 Å². The highest BCUT2D eigenvalue weighted by Gasteiger charge is 2.27. The van der Waals surface area contributed by atoms with Crippen molar-refractivity contribution in [1.29, 1.82) is 0 Å². The van der Waals surface area contributed by atoms with Crippen molar-refractivity contribution in [1.82, 2.24) is 9.55 Å². The minimum Gasteiger partial charge on any atom is -0.469 e. The molecule has 6 heteroatoms. The van der Waals surface area contributed by atoms with Gasteiger partial charge in [-0.05, 0) is 38.2 Å². The third kappa shape index (κ3) is 4.26. The van der Waals surface area contributed by atoms with Crippen molar-refractivity contribution in [2.45, 2.75) is 58.4 Å². The van der Waals surface area contributed by atoms with Crippen LogP contribution in [0.5, 0.6) is 0 Å². The highest BCUT2D eigenvalue weighted by molar-refractivity contribution is 6.02. The normalized spacial score (nSPS) is 14.8. The van der Waals surface area contributed by atoms with Crippen LogP contribution in [0.25, 0.3) is 11.1 Å². The van der Waals surface area contributed by atoms with Crippen molar-refractivity contribution < 1.29 is 14.3 Å². The summed E-state index contributed by atoms with van der Waals surface area (Å²) in [6, 6.07) is 3.78. The van der Waals surface area contributed by atoms with Gasteiger partial charge >= 0.3 is 5.97 Å². The second kappa shape index (κ2) is 9.04. The number of esters is 1. The Morgan fingerprint density at radius 3 is 2.64 bits per heavy atom. The van der Waals surface area contributed by atoms with E-state index in [0.717, 1.165) is 29.1 Å². The Hall–Kier alpha value is -2.63. The molecular weight excluding hydrogens is 354 g/mol. The zero-order valence-electron chi connectivity index (χ0n) is 16.7. The number of amides is 1. The molecule has 2 aromatic heterocycles. The average Bonchev–Trinajstić information content (AvgIpc) is 2.99. The fourth-order valence-corrected chi connectivity index (χ4v) is 4.38. The Kier molecular flexibility index (Phi) is 6.49. The molecular formula is C22H29N3O3. The molecule has 1 amide bonds. The van der Waals surface area contributed by atoms with Crippen LogP contribution in [0.15, 0.2) is 24.5 Å². The number of nitrogens with two attached hydrogens (primary N) is 1. The highest BCUT2D eigenvalue weighted by Crippen LogP contribution is 2.35. The maximum absolute atomic E-state index is 12.4. The van der Waals surface area contributed by atoms with E-state index in [2.05, 4.69) is 9.55 Å². The Morgan fingerprint density at radius 2 is 2.04 bits per heavy atom. The molecule has 1 fully saturated rings. The number of carbonyl (C=O) groups is 2. The van der Waals surface area contributed by atoms with Gasteiger partial charge < -0.3 is 15.0 Å². The summed E-state index contributed by atoms with van der Waals surface area (Å²) in [5, 5.41) is 0. The van der Waals surface area contributed by atoms with Crippen molar-refractivity contribution in [3.63, 3.8) is 0 Å². The Balaban J connectivity index is 2.10. The van der Waals surface area contributed by atoms with Gasteiger partial charge in [0, 0.05) is 41.5 Å². The molecule has 0 aromatic carbocycles. The van der Waals surface area contributed by atoms with E-state index in [4.69, 9.17) is 10.5 Å². The number of aromatic nitrogens is 2. The van der Waals surface area contributed by atoms with Gasteiger partial charge in [-0.15, -0.1) is 0 Å². The summed E-state index contributed by atoms with van der Waals surface area (Å²) in [6.07, 6.45) is 10.4. The fourth-order valence-electron chi connectivity index (χ4n) is 4.38. The van der Waals surface area contributed by atoms with Gasteiger partial charge in [-0.1, -0.05) is 25.3 Å². The van der Waals surface area contributed by atoms with Crippen molar-refractivity contribution >= 4 is 11.9 Å². The smallest absolute Gasteiger partial charge is 0.305 e. The number of carbonyl (C=O) groups excluding carboxylic acids is 2. The second-order valence-corrected chi connectivity index (χ2v) is 7.58. The first-order chi connectivity index (χ1) is 13.5. The van der Waals surface area contributed by atoms with Crippen molar-refractivity contribution in [2.75, 3.05) is 7.11 Å². The molecule has 2 heterocycles. The molecule has 28 heavy (non-hydrogen) atoms. The number of pyridine rings is 1. The van der Waals surface area contributed by atoms with E-state index in [1.165, 1.54) is 39.2 Å². The molecule has 0 bridgehead atoms. The van der Waals surface area contributed by atoms with E-state index in [-0.39, 0.29) is 12.4 Å². The third-order valence-corrected chi connectivity index (χ3v) is 5.79. The lowest BCUT2D eigenvalue weighted by Crippen LogP contribution is -2.18. The largest absolute Gasteiger partial charge is 0.469 e. The lowest BCUT2D eigenvalue weighted by molar-refractivity contribution is -0.140. The molecule has 2 N–H and O–H groups in total. The molecule has 1 saturated carbocycles. The maximum atomic E-state index is 12.4. The Morgan fingerprint density at radius 1 is 1.29 bits per heavy atom. The zero-order chi connectivity index (χ0) is 20.1. The van der Waals surface area contributed by atoms with Crippen LogP contribution in [0.3, 0.4) is 0 Å². The van der Waals surface area contributed by atoms with Crippen LogP contribution in [-0.4, -0.2) is 28.5 Å². The van der Waals surface area contributed by atoms with E-state index in [1.807, 2.05) is 19.1 Å². The summed E-state index contributed by atoms with van der Waals surface area (Å²) in [4.78, 5) is 28.4. The van der Waals surface area contributed by atoms with Gasteiger partial charge in [-0.2, -0.15) is 0 Å². The van der Waals surface area contributed by atoms with Crippen molar-refractivity contribution in [3.8, 4) is 11.1 Å². The quantitative estimate of drug-likeness (QED) is 0.740. The Bertz CT molecular complexity index is 836. The van der Waals surface area contributed by atoms with Gasteiger partial charge in [0.1, 0.15) is 0 Å². The molecule has 150 valence electrons. The minimum atomic E-state index is -0.446.